The van der Waals surface area contributed by atoms with Crippen LogP contribution < -0.4 is 5.73 Å². The van der Waals surface area contributed by atoms with Gasteiger partial charge in [-0.2, -0.15) is 0 Å². The van der Waals surface area contributed by atoms with Gasteiger partial charge in [-0.15, -0.1) is 0 Å². The van der Waals surface area contributed by atoms with Crippen LogP contribution in [0.3, 0.4) is 0 Å². The Kier molecular flexibility index (Phi) is 5.07. The summed E-state index contributed by atoms with van der Waals surface area (Å²) in [5.74, 6) is -1.25. The van der Waals surface area contributed by atoms with Crippen LogP contribution in [0.1, 0.15) is 6.42 Å². The van der Waals surface area contributed by atoms with E-state index < -0.39 is 30.6 Å². The zero-order valence-corrected chi connectivity index (χ0v) is 13.1. The van der Waals surface area contributed by atoms with Crippen LogP contribution in [0.2, 0.25) is 0 Å². The highest BCUT2D eigenvalue weighted by Gasteiger charge is 2.26. The van der Waals surface area contributed by atoms with Gasteiger partial charge in [0.1, 0.15) is 10.7 Å². The second-order valence-electron chi connectivity index (χ2n) is 4.47. The molecule has 0 aliphatic rings. The van der Waals surface area contributed by atoms with Crippen molar-refractivity contribution in [1.82, 2.24) is 4.31 Å². The van der Waals surface area contributed by atoms with Crippen LogP contribution in [0.5, 0.6) is 0 Å². The van der Waals surface area contributed by atoms with Crippen molar-refractivity contribution in [3.05, 3.63) is 24.0 Å². The standard InChI is InChI=1S/C11H16FN3O4S2/c1-15(6-5-11(13)14)21(18,19)10-7-8(20(2,16)17)3-4-9(10)12/h3-4,7H,5-6H2,1-2H3,(H3,13,14). The molecule has 0 fully saturated rings. The van der Waals surface area contributed by atoms with Gasteiger partial charge in [-0.1, -0.05) is 0 Å². The SMILES string of the molecule is CN(CCC(=N)N)S(=O)(=O)c1cc(S(C)(=O)=O)ccc1F. The van der Waals surface area contributed by atoms with E-state index in [4.69, 9.17) is 11.1 Å². The quantitative estimate of drug-likeness (QED) is 0.435. The summed E-state index contributed by atoms with van der Waals surface area (Å²) in [5, 5.41) is 7.06. The number of amidine groups is 1. The summed E-state index contributed by atoms with van der Waals surface area (Å²) >= 11 is 0. The Labute approximate surface area is 123 Å². The van der Waals surface area contributed by atoms with Gasteiger partial charge < -0.3 is 5.73 Å². The maximum Gasteiger partial charge on any atom is 0.245 e. The minimum absolute atomic E-state index is 0.0108. The zero-order chi connectivity index (χ0) is 16.4. The molecule has 0 radical (unpaired) electrons. The van der Waals surface area contributed by atoms with Crippen molar-refractivity contribution in [2.45, 2.75) is 16.2 Å². The molecule has 1 rings (SSSR count). The number of benzene rings is 1. The highest BCUT2D eigenvalue weighted by atomic mass is 32.2. The van der Waals surface area contributed by atoms with E-state index >= 15 is 0 Å². The molecule has 0 aliphatic heterocycles. The largest absolute Gasteiger partial charge is 0.388 e. The first-order valence-corrected chi connectivity index (χ1v) is 9.08. The van der Waals surface area contributed by atoms with Crippen LogP contribution in [0, 0.1) is 11.2 Å². The fourth-order valence-corrected chi connectivity index (χ4v) is 3.46. The van der Waals surface area contributed by atoms with Crippen molar-refractivity contribution < 1.29 is 21.2 Å². The van der Waals surface area contributed by atoms with Crippen molar-refractivity contribution in [3.8, 4) is 0 Å². The highest BCUT2D eigenvalue weighted by molar-refractivity contribution is 7.91. The number of nitrogens with zero attached hydrogens (tertiary/aromatic N) is 1. The molecule has 1 aromatic rings. The van der Waals surface area contributed by atoms with Crippen LogP contribution in [0.25, 0.3) is 0 Å². The number of nitrogens with one attached hydrogen (secondary N) is 1. The number of sulfone groups is 1. The molecule has 0 heterocycles. The number of sulfonamides is 1. The molecule has 0 aromatic heterocycles. The fraction of sp³-hybridized carbons (Fsp3) is 0.364. The van der Waals surface area contributed by atoms with Crippen molar-refractivity contribution in [3.63, 3.8) is 0 Å². The van der Waals surface area contributed by atoms with Crippen molar-refractivity contribution >= 4 is 25.7 Å². The molecular formula is C11H16FN3O4S2. The Hall–Kier alpha value is -1.52. The van der Waals surface area contributed by atoms with Crippen LogP contribution in [0.15, 0.2) is 28.0 Å². The van der Waals surface area contributed by atoms with Crippen LogP contribution in [-0.4, -0.2) is 46.8 Å². The summed E-state index contributed by atoms with van der Waals surface area (Å²) in [6.07, 6.45) is 0.888. The first-order valence-electron chi connectivity index (χ1n) is 5.75. The van der Waals surface area contributed by atoms with E-state index in [2.05, 4.69) is 0 Å². The number of hydrogen-bond acceptors (Lipinski definition) is 5. The topological polar surface area (TPSA) is 121 Å². The lowest BCUT2D eigenvalue weighted by atomic mass is 10.3. The number of hydrogen-bond donors (Lipinski definition) is 2. The molecule has 0 saturated heterocycles. The van der Waals surface area contributed by atoms with Gasteiger partial charge in [0.05, 0.1) is 10.7 Å². The first kappa shape index (κ1) is 17.5. The maximum atomic E-state index is 13.7. The van der Waals surface area contributed by atoms with Gasteiger partial charge in [0, 0.05) is 26.3 Å². The second-order valence-corrected chi connectivity index (χ2v) is 8.50. The molecule has 1 aromatic carbocycles. The summed E-state index contributed by atoms with van der Waals surface area (Å²) in [5.41, 5.74) is 5.14. The second kappa shape index (κ2) is 6.08. The van der Waals surface area contributed by atoms with Gasteiger partial charge in [0.2, 0.25) is 10.0 Å². The molecule has 118 valence electrons. The third-order valence-electron chi connectivity index (χ3n) is 2.72. The molecule has 0 saturated carbocycles. The predicted molar refractivity (Wildman–Crippen MR) is 75.9 cm³/mol. The lowest BCUT2D eigenvalue weighted by molar-refractivity contribution is 0.470. The third-order valence-corrected chi connectivity index (χ3v) is 5.70. The minimum Gasteiger partial charge on any atom is -0.388 e. The van der Waals surface area contributed by atoms with Crippen LogP contribution in [0.4, 0.5) is 4.39 Å². The summed E-state index contributed by atoms with van der Waals surface area (Å²) in [7, 11) is -6.66. The van der Waals surface area contributed by atoms with E-state index in [1.807, 2.05) is 0 Å². The Morgan fingerprint density at radius 1 is 1.33 bits per heavy atom. The molecule has 21 heavy (non-hydrogen) atoms. The minimum atomic E-state index is -4.21. The monoisotopic (exact) mass is 337 g/mol. The smallest absolute Gasteiger partial charge is 0.245 e. The van der Waals surface area contributed by atoms with E-state index in [1.54, 1.807) is 0 Å². The average Bonchev–Trinajstić information content (AvgIpc) is 2.34. The Bertz CT molecular complexity index is 760. The highest BCUT2D eigenvalue weighted by Crippen LogP contribution is 2.22. The summed E-state index contributed by atoms with van der Waals surface area (Å²) < 4.78 is 61.9. The molecule has 0 amide bonds. The van der Waals surface area contributed by atoms with E-state index in [-0.39, 0.29) is 23.7 Å². The first-order chi connectivity index (χ1) is 9.46. The summed E-state index contributed by atoms with van der Waals surface area (Å²) in [6, 6.07) is 2.58. The number of rotatable bonds is 6. The van der Waals surface area contributed by atoms with E-state index in [0.29, 0.717) is 0 Å². The molecule has 0 atom stereocenters. The molecule has 10 heteroatoms. The van der Waals surface area contributed by atoms with E-state index in [0.717, 1.165) is 28.8 Å². The van der Waals surface area contributed by atoms with Crippen molar-refractivity contribution in [1.29, 1.82) is 5.41 Å². The lowest BCUT2D eigenvalue weighted by Gasteiger charge is -2.17. The molecule has 0 unspecified atom stereocenters. The normalized spacial score (nSPS) is 12.6. The Morgan fingerprint density at radius 3 is 2.38 bits per heavy atom. The zero-order valence-electron chi connectivity index (χ0n) is 11.5. The van der Waals surface area contributed by atoms with E-state index in [1.165, 1.54) is 7.05 Å². The molecule has 3 N–H and O–H groups in total. The van der Waals surface area contributed by atoms with Gasteiger partial charge >= 0.3 is 0 Å². The van der Waals surface area contributed by atoms with Crippen LogP contribution in [-0.2, 0) is 19.9 Å². The molecule has 0 spiro atoms. The fourth-order valence-electron chi connectivity index (χ4n) is 1.48. The van der Waals surface area contributed by atoms with Crippen LogP contribution >= 0.6 is 0 Å². The van der Waals surface area contributed by atoms with Gasteiger partial charge in [0.15, 0.2) is 9.84 Å². The van der Waals surface area contributed by atoms with Gasteiger partial charge in [0.25, 0.3) is 0 Å². The molecule has 7 nitrogen and oxygen atoms in total. The number of nitrogens with two attached hydrogens (primary N) is 1. The summed E-state index contributed by atoms with van der Waals surface area (Å²) in [4.78, 5) is -1.01. The molecule has 0 bridgehead atoms. The van der Waals surface area contributed by atoms with Gasteiger partial charge in [-0.05, 0) is 18.2 Å². The molecule has 0 aliphatic carbocycles. The third kappa shape index (κ3) is 4.22. The molecular weight excluding hydrogens is 321 g/mol. The van der Waals surface area contributed by atoms with Gasteiger partial charge in [-0.3, -0.25) is 5.41 Å². The van der Waals surface area contributed by atoms with Crippen molar-refractivity contribution in [2.24, 2.45) is 5.73 Å². The Morgan fingerprint density at radius 2 is 1.90 bits per heavy atom. The Balaban J connectivity index is 3.28. The maximum absolute atomic E-state index is 13.7. The summed E-state index contributed by atoms with van der Waals surface area (Å²) in [6.45, 7) is -0.111. The lowest BCUT2D eigenvalue weighted by Crippen LogP contribution is -2.31. The predicted octanol–water partition coefficient (Wildman–Crippen LogP) is 0.176. The van der Waals surface area contributed by atoms with Crippen molar-refractivity contribution in [2.75, 3.05) is 19.8 Å². The van der Waals surface area contributed by atoms with E-state index in [9.17, 15) is 21.2 Å². The van der Waals surface area contributed by atoms with Gasteiger partial charge in [-0.25, -0.2) is 25.5 Å². The average molecular weight is 337 g/mol. The number of halogens is 1.